The lowest BCUT2D eigenvalue weighted by atomic mass is 10.2. The molecule has 0 amide bonds. The first-order valence-corrected chi connectivity index (χ1v) is 5.87. The summed E-state index contributed by atoms with van der Waals surface area (Å²) in [6.07, 6.45) is 1.72. The van der Waals surface area contributed by atoms with Gasteiger partial charge in [0, 0.05) is 24.5 Å². The zero-order valence-corrected chi connectivity index (χ0v) is 10.5. The van der Waals surface area contributed by atoms with Crippen LogP contribution in [0.15, 0.2) is 36.5 Å². The van der Waals surface area contributed by atoms with E-state index < -0.39 is 0 Å². The lowest BCUT2D eigenvalue weighted by Gasteiger charge is -2.05. The zero-order valence-electron chi connectivity index (χ0n) is 9.76. The van der Waals surface area contributed by atoms with E-state index >= 15 is 0 Å². The molecule has 0 radical (unpaired) electrons. The monoisotopic (exact) mass is 258 g/mol. The van der Waals surface area contributed by atoms with Gasteiger partial charge >= 0.3 is 0 Å². The summed E-state index contributed by atoms with van der Waals surface area (Å²) in [4.78, 5) is 8.73. The molecule has 0 saturated heterocycles. The molecule has 2 N–H and O–H groups in total. The number of aryl methyl sites for hydroxylation is 1. The number of imidazole rings is 1. The van der Waals surface area contributed by atoms with Gasteiger partial charge in [0.05, 0.1) is 10.5 Å². The fourth-order valence-electron chi connectivity index (χ4n) is 1.98. The number of nitrogens with two attached hydrogens (primary N) is 1. The molecule has 0 atom stereocenters. The number of hydrogen-bond donors (Lipinski definition) is 1. The summed E-state index contributed by atoms with van der Waals surface area (Å²) in [5.41, 5.74) is 8.94. The maximum atomic E-state index is 6.20. The Balaban J connectivity index is 2.31. The van der Waals surface area contributed by atoms with Crippen molar-refractivity contribution in [1.29, 1.82) is 0 Å². The third kappa shape index (κ3) is 1.62. The third-order valence-electron chi connectivity index (χ3n) is 2.89. The highest BCUT2D eigenvalue weighted by Gasteiger charge is 2.13. The van der Waals surface area contributed by atoms with Crippen LogP contribution in [0, 0.1) is 0 Å². The SMILES string of the molecule is Cn1c(-c2cc(N)ccc2Cl)nc2ncccc21. The molecule has 0 unspecified atom stereocenters. The molecule has 90 valence electrons. The van der Waals surface area contributed by atoms with Crippen LogP contribution >= 0.6 is 11.6 Å². The summed E-state index contributed by atoms with van der Waals surface area (Å²) in [5, 5.41) is 0.627. The van der Waals surface area contributed by atoms with Crippen LogP contribution in [-0.4, -0.2) is 14.5 Å². The quantitative estimate of drug-likeness (QED) is 0.683. The van der Waals surface area contributed by atoms with E-state index in [1.54, 1.807) is 18.3 Å². The second kappa shape index (κ2) is 3.99. The molecule has 0 fully saturated rings. The van der Waals surface area contributed by atoms with Gasteiger partial charge in [-0.25, -0.2) is 9.97 Å². The van der Waals surface area contributed by atoms with Gasteiger partial charge in [-0.15, -0.1) is 0 Å². The van der Waals surface area contributed by atoms with Gasteiger partial charge in [0.15, 0.2) is 5.65 Å². The maximum absolute atomic E-state index is 6.20. The summed E-state index contributed by atoms with van der Waals surface area (Å²) in [6, 6.07) is 9.23. The molecular formula is C13H11ClN4. The van der Waals surface area contributed by atoms with Crippen LogP contribution in [0.4, 0.5) is 5.69 Å². The number of nitrogen functional groups attached to an aromatic ring is 1. The first-order chi connectivity index (χ1) is 8.66. The number of nitrogens with zero attached hydrogens (tertiary/aromatic N) is 3. The minimum atomic E-state index is 0.627. The number of halogens is 1. The smallest absolute Gasteiger partial charge is 0.178 e. The molecule has 0 bridgehead atoms. The van der Waals surface area contributed by atoms with Crippen LogP contribution in [0.25, 0.3) is 22.6 Å². The van der Waals surface area contributed by atoms with Gasteiger partial charge in [0.25, 0.3) is 0 Å². The Kier molecular flexibility index (Phi) is 2.45. The number of benzene rings is 1. The van der Waals surface area contributed by atoms with Crippen LogP contribution in [0.1, 0.15) is 0 Å². The molecule has 2 aromatic heterocycles. The number of hydrogen-bond acceptors (Lipinski definition) is 3. The van der Waals surface area contributed by atoms with Gasteiger partial charge in [-0.3, -0.25) is 0 Å². The average Bonchev–Trinajstić information content (AvgIpc) is 2.71. The minimum absolute atomic E-state index is 0.627. The number of aromatic nitrogens is 3. The highest BCUT2D eigenvalue weighted by Crippen LogP contribution is 2.30. The molecular weight excluding hydrogens is 248 g/mol. The predicted molar refractivity (Wildman–Crippen MR) is 73.4 cm³/mol. The van der Waals surface area contributed by atoms with Crippen LogP contribution < -0.4 is 5.73 Å². The maximum Gasteiger partial charge on any atom is 0.178 e. The molecule has 5 heteroatoms. The largest absolute Gasteiger partial charge is 0.399 e. The third-order valence-corrected chi connectivity index (χ3v) is 3.22. The standard InChI is InChI=1S/C13H11ClN4/c1-18-11-3-2-6-16-12(11)17-13(18)9-7-8(15)4-5-10(9)14/h2-7H,15H2,1H3. The summed E-state index contributed by atoms with van der Waals surface area (Å²) in [7, 11) is 1.94. The molecule has 3 rings (SSSR count). The number of pyridine rings is 1. The molecule has 0 aliphatic carbocycles. The van der Waals surface area contributed by atoms with Crippen molar-refractivity contribution in [3.63, 3.8) is 0 Å². The van der Waals surface area contributed by atoms with Gasteiger partial charge < -0.3 is 10.3 Å². The summed E-state index contributed by atoms with van der Waals surface area (Å²) in [6.45, 7) is 0. The van der Waals surface area contributed by atoms with Gasteiger partial charge in [0.2, 0.25) is 0 Å². The van der Waals surface area contributed by atoms with Crippen molar-refractivity contribution in [1.82, 2.24) is 14.5 Å². The molecule has 2 heterocycles. The van der Waals surface area contributed by atoms with Crippen LogP contribution in [-0.2, 0) is 7.05 Å². The number of anilines is 1. The first kappa shape index (κ1) is 11.0. The van der Waals surface area contributed by atoms with Crippen molar-refractivity contribution in [2.45, 2.75) is 0 Å². The lowest BCUT2D eigenvalue weighted by molar-refractivity contribution is 0.959. The molecule has 0 spiro atoms. The van der Waals surface area contributed by atoms with Crippen LogP contribution in [0.3, 0.4) is 0 Å². The molecule has 0 aliphatic heterocycles. The summed E-state index contributed by atoms with van der Waals surface area (Å²) < 4.78 is 1.96. The van der Waals surface area contributed by atoms with Crippen molar-refractivity contribution in [2.75, 3.05) is 5.73 Å². The van der Waals surface area contributed by atoms with Crippen LogP contribution in [0.5, 0.6) is 0 Å². The topological polar surface area (TPSA) is 56.7 Å². The van der Waals surface area contributed by atoms with Crippen molar-refractivity contribution in [3.05, 3.63) is 41.6 Å². The van der Waals surface area contributed by atoms with E-state index in [4.69, 9.17) is 17.3 Å². The Labute approximate surface area is 109 Å². The highest BCUT2D eigenvalue weighted by atomic mass is 35.5. The normalized spacial score (nSPS) is 11.0. The molecule has 4 nitrogen and oxygen atoms in total. The van der Waals surface area contributed by atoms with E-state index in [-0.39, 0.29) is 0 Å². The lowest BCUT2D eigenvalue weighted by Crippen LogP contribution is -1.94. The van der Waals surface area contributed by atoms with E-state index in [0.717, 1.165) is 16.9 Å². The Morgan fingerprint density at radius 2 is 2.11 bits per heavy atom. The zero-order chi connectivity index (χ0) is 12.7. The van der Waals surface area contributed by atoms with E-state index in [0.29, 0.717) is 16.4 Å². The Morgan fingerprint density at radius 3 is 2.89 bits per heavy atom. The average molecular weight is 259 g/mol. The molecule has 18 heavy (non-hydrogen) atoms. The fraction of sp³-hybridized carbons (Fsp3) is 0.0769. The summed E-state index contributed by atoms with van der Waals surface area (Å²) >= 11 is 6.20. The number of fused-ring (bicyclic) bond motifs is 1. The van der Waals surface area contributed by atoms with E-state index in [1.165, 1.54) is 0 Å². The second-order valence-electron chi connectivity index (χ2n) is 4.08. The fourth-order valence-corrected chi connectivity index (χ4v) is 2.18. The Bertz CT molecular complexity index is 733. The Morgan fingerprint density at radius 1 is 1.28 bits per heavy atom. The van der Waals surface area contributed by atoms with Gasteiger partial charge in [-0.05, 0) is 30.3 Å². The van der Waals surface area contributed by atoms with Crippen molar-refractivity contribution < 1.29 is 0 Å². The van der Waals surface area contributed by atoms with Crippen molar-refractivity contribution >= 4 is 28.5 Å². The van der Waals surface area contributed by atoms with Crippen LogP contribution in [0.2, 0.25) is 5.02 Å². The molecule has 0 aliphatic rings. The van der Waals surface area contributed by atoms with E-state index in [9.17, 15) is 0 Å². The number of rotatable bonds is 1. The van der Waals surface area contributed by atoms with Crippen molar-refractivity contribution in [2.24, 2.45) is 7.05 Å². The minimum Gasteiger partial charge on any atom is -0.399 e. The summed E-state index contributed by atoms with van der Waals surface area (Å²) in [5.74, 6) is 0.765. The second-order valence-corrected chi connectivity index (χ2v) is 4.49. The van der Waals surface area contributed by atoms with E-state index in [1.807, 2.05) is 29.8 Å². The molecule has 0 saturated carbocycles. The van der Waals surface area contributed by atoms with Gasteiger partial charge in [0.1, 0.15) is 5.82 Å². The molecule has 3 aromatic rings. The molecule has 1 aromatic carbocycles. The highest BCUT2D eigenvalue weighted by molar-refractivity contribution is 6.33. The van der Waals surface area contributed by atoms with Gasteiger partial charge in [-0.1, -0.05) is 11.6 Å². The Hall–Kier alpha value is -2.07. The van der Waals surface area contributed by atoms with Gasteiger partial charge in [-0.2, -0.15) is 0 Å². The predicted octanol–water partition coefficient (Wildman–Crippen LogP) is 2.87. The van der Waals surface area contributed by atoms with Crippen molar-refractivity contribution in [3.8, 4) is 11.4 Å². The van der Waals surface area contributed by atoms with E-state index in [2.05, 4.69) is 9.97 Å². The first-order valence-electron chi connectivity index (χ1n) is 5.49.